The van der Waals surface area contributed by atoms with E-state index < -0.39 is 0 Å². The average molecular weight is 355 g/mol. The van der Waals surface area contributed by atoms with Crippen LogP contribution in [-0.2, 0) is 6.42 Å². The van der Waals surface area contributed by atoms with Crippen LogP contribution in [0.15, 0.2) is 22.7 Å². The first kappa shape index (κ1) is 16.4. The summed E-state index contributed by atoms with van der Waals surface area (Å²) >= 11 is 3.31. The van der Waals surface area contributed by atoms with Gasteiger partial charge in [-0.1, -0.05) is 35.3 Å². The second kappa shape index (κ2) is 6.88. The fraction of sp³-hybridized carbons (Fsp3) is 0.625. The normalized spacial score (nSPS) is 25.8. The molecule has 0 aliphatic heterocycles. The van der Waals surface area contributed by atoms with Crippen LogP contribution < -0.4 is 5.73 Å². The van der Waals surface area contributed by atoms with Crippen LogP contribution in [0.3, 0.4) is 0 Å². The fourth-order valence-electron chi connectivity index (χ4n) is 3.41. The topological polar surface area (TPSA) is 69.2 Å². The van der Waals surface area contributed by atoms with Crippen molar-refractivity contribution >= 4 is 21.6 Å². The highest BCUT2D eigenvalue weighted by atomic mass is 79.9. The van der Waals surface area contributed by atoms with Crippen LogP contribution in [0.25, 0.3) is 0 Å². The molecule has 1 saturated carbocycles. The van der Waals surface area contributed by atoms with Gasteiger partial charge in [0.05, 0.1) is 4.92 Å². The van der Waals surface area contributed by atoms with Gasteiger partial charge < -0.3 is 5.73 Å². The lowest BCUT2D eigenvalue weighted by Crippen LogP contribution is -2.37. The van der Waals surface area contributed by atoms with Gasteiger partial charge in [0.15, 0.2) is 0 Å². The minimum atomic E-state index is -0.290. The molecule has 2 N–H and O–H groups in total. The zero-order valence-corrected chi connectivity index (χ0v) is 14.1. The third-order valence-electron chi connectivity index (χ3n) is 4.99. The Labute approximate surface area is 134 Å². The first-order valence-electron chi connectivity index (χ1n) is 7.62. The van der Waals surface area contributed by atoms with Gasteiger partial charge in [-0.25, -0.2) is 0 Å². The summed E-state index contributed by atoms with van der Waals surface area (Å²) < 4.78 is 0.745. The molecule has 0 unspecified atom stereocenters. The van der Waals surface area contributed by atoms with Crippen LogP contribution >= 0.6 is 15.9 Å². The van der Waals surface area contributed by atoms with E-state index in [0.29, 0.717) is 13.0 Å². The molecule has 0 aromatic heterocycles. The molecular weight excluding hydrogens is 332 g/mol. The molecule has 1 aromatic carbocycles. The van der Waals surface area contributed by atoms with Crippen molar-refractivity contribution in [3.8, 4) is 0 Å². The summed E-state index contributed by atoms with van der Waals surface area (Å²) in [6.07, 6.45) is 6.48. The Balaban J connectivity index is 2.21. The largest absolute Gasteiger partial charge is 0.330 e. The number of nitro benzene ring substituents is 1. The van der Waals surface area contributed by atoms with Crippen molar-refractivity contribution in [3.05, 3.63) is 38.3 Å². The van der Waals surface area contributed by atoms with E-state index in [4.69, 9.17) is 5.73 Å². The molecule has 21 heavy (non-hydrogen) atoms. The van der Waals surface area contributed by atoms with Gasteiger partial charge in [-0.2, -0.15) is 0 Å². The minimum absolute atomic E-state index is 0.0320. The van der Waals surface area contributed by atoms with E-state index >= 15 is 0 Å². The van der Waals surface area contributed by atoms with E-state index in [-0.39, 0.29) is 16.0 Å². The van der Waals surface area contributed by atoms with E-state index in [1.807, 2.05) is 12.1 Å². The molecular formula is C16H23BrN2O2. The van der Waals surface area contributed by atoms with E-state index in [1.54, 1.807) is 6.07 Å². The summed E-state index contributed by atoms with van der Waals surface area (Å²) in [5.74, 6) is 0.796. The van der Waals surface area contributed by atoms with Crippen LogP contribution in [0, 0.1) is 21.4 Å². The number of halogens is 1. The lowest BCUT2D eigenvalue weighted by molar-refractivity contribution is -0.385. The maximum absolute atomic E-state index is 11.3. The molecule has 0 atom stereocenters. The number of nitro groups is 1. The van der Waals surface area contributed by atoms with E-state index in [0.717, 1.165) is 28.8 Å². The van der Waals surface area contributed by atoms with Crippen LogP contribution in [0.5, 0.6) is 0 Å². The van der Waals surface area contributed by atoms with Crippen LogP contribution in [0.1, 0.15) is 44.6 Å². The van der Waals surface area contributed by atoms with Crippen molar-refractivity contribution in [2.24, 2.45) is 17.1 Å². The molecule has 2 rings (SSSR count). The molecule has 1 aliphatic carbocycles. The standard InChI is InChI=1S/C16H23BrN2O2/c1-2-12-5-7-16(11-18,8-6-12)10-13-3-4-14(17)9-15(13)19(20)21/h3-4,9,12H,2,5-8,10-11,18H2,1H3. The van der Waals surface area contributed by atoms with Gasteiger partial charge >= 0.3 is 0 Å². The van der Waals surface area contributed by atoms with Crippen molar-refractivity contribution in [1.82, 2.24) is 0 Å². The monoisotopic (exact) mass is 354 g/mol. The second-order valence-corrected chi connectivity index (χ2v) is 7.18. The van der Waals surface area contributed by atoms with E-state index in [2.05, 4.69) is 22.9 Å². The van der Waals surface area contributed by atoms with Crippen molar-refractivity contribution < 1.29 is 4.92 Å². The Morgan fingerprint density at radius 1 is 1.43 bits per heavy atom. The van der Waals surface area contributed by atoms with E-state index in [9.17, 15) is 10.1 Å². The summed E-state index contributed by atoms with van der Waals surface area (Å²) in [5.41, 5.74) is 7.09. The molecule has 0 bridgehead atoms. The summed E-state index contributed by atoms with van der Waals surface area (Å²) in [6.45, 7) is 2.84. The maximum Gasteiger partial charge on any atom is 0.273 e. The number of hydrogen-bond donors (Lipinski definition) is 1. The third kappa shape index (κ3) is 3.83. The molecule has 0 spiro atoms. The van der Waals surface area contributed by atoms with Crippen molar-refractivity contribution in [2.75, 3.05) is 6.54 Å². The molecule has 5 heteroatoms. The molecule has 0 heterocycles. The first-order valence-corrected chi connectivity index (χ1v) is 8.42. The Morgan fingerprint density at radius 2 is 2.10 bits per heavy atom. The number of rotatable bonds is 5. The average Bonchev–Trinajstić information content (AvgIpc) is 2.49. The smallest absolute Gasteiger partial charge is 0.273 e. The Bertz CT molecular complexity index is 511. The molecule has 4 nitrogen and oxygen atoms in total. The Kier molecular flexibility index (Phi) is 5.38. The van der Waals surface area contributed by atoms with Crippen LogP contribution in [-0.4, -0.2) is 11.5 Å². The summed E-state index contributed by atoms with van der Waals surface area (Å²) in [4.78, 5) is 11.0. The summed E-state index contributed by atoms with van der Waals surface area (Å²) in [7, 11) is 0. The van der Waals surface area contributed by atoms with Gasteiger partial charge in [0.25, 0.3) is 5.69 Å². The predicted octanol–water partition coefficient (Wildman–Crippen LogP) is 4.45. The van der Waals surface area contributed by atoms with Crippen LogP contribution in [0.2, 0.25) is 0 Å². The summed E-state index contributed by atoms with van der Waals surface area (Å²) in [5, 5.41) is 11.3. The number of nitrogens with zero attached hydrogens (tertiary/aromatic N) is 1. The van der Waals surface area contributed by atoms with Crippen molar-refractivity contribution in [2.45, 2.75) is 45.4 Å². The van der Waals surface area contributed by atoms with Gasteiger partial charge in [0.2, 0.25) is 0 Å². The first-order chi connectivity index (χ1) is 9.99. The summed E-state index contributed by atoms with van der Waals surface area (Å²) in [6, 6.07) is 5.34. The molecule has 1 aromatic rings. The van der Waals surface area contributed by atoms with Gasteiger partial charge in [0, 0.05) is 16.1 Å². The molecule has 1 fully saturated rings. The van der Waals surface area contributed by atoms with Gasteiger partial charge in [-0.05, 0) is 56.0 Å². The quantitative estimate of drug-likeness (QED) is 0.627. The van der Waals surface area contributed by atoms with Crippen LogP contribution in [0.4, 0.5) is 5.69 Å². The fourth-order valence-corrected chi connectivity index (χ4v) is 3.76. The molecule has 0 amide bonds. The second-order valence-electron chi connectivity index (χ2n) is 6.26. The van der Waals surface area contributed by atoms with Gasteiger partial charge in [-0.3, -0.25) is 10.1 Å². The highest BCUT2D eigenvalue weighted by molar-refractivity contribution is 9.10. The van der Waals surface area contributed by atoms with Crippen molar-refractivity contribution in [1.29, 1.82) is 0 Å². The Hall–Kier alpha value is -0.940. The maximum atomic E-state index is 11.3. The predicted molar refractivity (Wildman–Crippen MR) is 88.2 cm³/mol. The zero-order chi connectivity index (χ0) is 15.5. The van der Waals surface area contributed by atoms with Gasteiger partial charge in [0.1, 0.15) is 0 Å². The third-order valence-corrected chi connectivity index (χ3v) is 5.48. The molecule has 116 valence electrons. The number of hydrogen-bond acceptors (Lipinski definition) is 3. The lowest BCUT2D eigenvalue weighted by atomic mass is 9.67. The SMILES string of the molecule is CCC1CCC(CN)(Cc2ccc(Br)cc2[N+](=O)[O-])CC1. The zero-order valence-electron chi connectivity index (χ0n) is 12.5. The minimum Gasteiger partial charge on any atom is -0.330 e. The van der Waals surface area contributed by atoms with Crippen molar-refractivity contribution in [3.63, 3.8) is 0 Å². The highest BCUT2D eigenvalue weighted by Gasteiger charge is 2.35. The Morgan fingerprint density at radius 3 is 2.62 bits per heavy atom. The lowest BCUT2D eigenvalue weighted by Gasteiger charge is -2.39. The number of nitrogens with two attached hydrogens (primary N) is 1. The van der Waals surface area contributed by atoms with Gasteiger partial charge in [-0.15, -0.1) is 0 Å². The number of benzene rings is 1. The molecule has 0 saturated heterocycles. The van der Waals surface area contributed by atoms with E-state index in [1.165, 1.54) is 19.3 Å². The highest BCUT2D eigenvalue weighted by Crippen LogP contribution is 2.43. The molecule has 0 radical (unpaired) electrons. The molecule has 1 aliphatic rings.